The van der Waals surface area contributed by atoms with E-state index in [9.17, 15) is 24.0 Å². The Morgan fingerprint density at radius 1 is 1.06 bits per heavy atom. The lowest BCUT2D eigenvalue weighted by molar-refractivity contribution is -0.158. The molecule has 1 rings (SSSR count). The number of carbonyl (C=O) groups is 5. The van der Waals surface area contributed by atoms with Crippen LogP contribution < -0.4 is 16.0 Å². The number of amides is 3. The van der Waals surface area contributed by atoms with E-state index in [0.717, 1.165) is 6.42 Å². The van der Waals surface area contributed by atoms with Crippen molar-refractivity contribution in [1.82, 2.24) is 16.0 Å². The number of hydrogen-bond donors (Lipinski definition) is 4. The Morgan fingerprint density at radius 2 is 1.71 bits per heavy atom. The molecule has 2 atom stereocenters. The normalized spacial score (nSPS) is 16.3. The van der Waals surface area contributed by atoms with Crippen molar-refractivity contribution in [1.29, 1.82) is 5.41 Å². The molecular weight excluding hydrogens is 404 g/mol. The van der Waals surface area contributed by atoms with Crippen molar-refractivity contribution in [2.24, 2.45) is 5.92 Å². The summed E-state index contributed by atoms with van der Waals surface area (Å²) in [6, 6.07) is -1.94. The number of ether oxygens (including phenoxy) is 1. The zero-order valence-electron chi connectivity index (χ0n) is 18.7. The van der Waals surface area contributed by atoms with E-state index in [0.29, 0.717) is 25.5 Å². The van der Waals surface area contributed by atoms with Gasteiger partial charge in [-0.1, -0.05) is 13.8 Å². The predicted octanol–water partition coefficient (Wildman–Crippen LogP) is 0.623. The maximum Gasteiger partial charge on any atom is 0.331 e. The summed E-state index contributed by atoms with van der Waals surface area (Å²) in [6.45, 7) is 6.95. The second-order valence-corrected chi connectivity index (χ2v) is 8.24. The number of esters is 1. The summed E-state index contributed by atoms with van der Waals surface area (Å²) < 4.78 is 5.08. The first kappa shape index (κ1) is 26.3. The molecule has 0 saturated heterocycles. The van der Waals surface area contributed by atoms with Crippen LogP contribution in [0.4, 0.5) is 0 Å². The second-order valence-electron chi connectivity index (χ2n) is 8.24. The monoisotopic (exact) mass is 438 g/mol. The van der Waals surface area contributed by atoms with Crippen LogP contribution in [-0.2, 0) is 28.7 Å². The van der Waals surface area contributed by atoms with Gasteiger partial charge in [0.2, 0.25) is 17.7 Å². The van der Waals surface area contributed by atoms with E-state index in [1.807, 2.05) is 13.8 Å². The van der Waals surface area contributed by atoms with Gasteiger partial charge >= 0.3 is 5.97 Å². The molecule has 0 aromatic carbocycles. The van der Waals surface area contributed by atoms with Gasteiger partial charge in [0.25, 0.3) is 0 Å². The Morgan fingerprint density at radius 3 is 2.16 bits per heavy atom. The number of nitrogens with one attached hydrogen (secondary N) is 4. The number of Topliss-reactive ketones (excluding diaryl/α,β-unsaturated/α-hetero) is 1. The number of carbonyl (C=O) groups excluding carboxylic acids is 5. The molecule has 10 heteroatoms. The van der Waals surface area contributed by atoms with Crippen molar-refractivity contribution in [3.63, 3.8) is 0 Å². The van der Waals surface area contributed by atoms with Crippen LogP contribution in [0.1, 0.15) is 66.2 Å². The molecule has 0 bridgehead atoms. The Kier molecular flexibility index (Phi) is 10.3. The quantitative estimate of drug-likeness (QED) is 0.244. The SMILES string of the molecule is CCOC(=O)C1(NC(=O)[C@H](CCC(=O)C=N)NC(=O)[C@H](CC(C)C)NC(C)=O)CCC1. The summed E-state index contributed by atoms with van der Waals surface area (Å²) in [5.74, 6) is -2.44. The van der Waals surface area contributed by atoms with Crippen LogP contribution in [0.15, 0.2) is 0 Å². The van der Waals surface area contributed by atoms with Crippen LogP contribution >= 0.6 is 0 Å². The van der Waals surface area contributed by atoms with Gasteiger partial charge < -0.3 is 26.1 Å². The standard InChI is InChI=1S/C21H34N4O6/c1-5-31-20(30)21(9-6-10-21)25-19(29)16(8-7-15(27)12-22)24-18(28)17(11-13(2)3)23-14(4)26/h12-13,16-17,22H,5-11H2,1-4H3,(H,23,26)(H,24,28)(H,25,29)/t16-,17-/m0/s1. The minimum Gasteiger partial charge on any atom is -0.464 e. The number of ketones is 1. The van der Waals surface area contributed by atoms with Crippen molar-refractivity contribution in [2.75, 3.05) is 6.61 Å². The summed E-state index contributed by atoms with van der Waals surface area (Å²) in [7, 11) is 0. The molecule has 4 N–H and O–H groups in total. The van der Waals surface area contributed by atoms with Crippen LogP contribution in [-0.4, -0.2) is 59.9 Å². The minimum atomic E-state index is -1.13. The fourth-order valence-corrected chi connectivity index (χ4v) is 3.35. The summed E-state index contributed by atoms with van der Waals surface area (Å²) in [5.41, 5.74) is -1.13. The van der Waals surface area contributed by atoms with E-state index in [4.69, 9.17) is 10.1 Å². The van der Waals surface area contributed by atoms with Crippen LogP contribution in [0.5, 0.6) is 0 Å². The van der Waals surface area contributed by atoms with Gasteiger partial charge in [0.15, 0.2) is 5.78 Å². The van der Waals surface area contributed by atoms with Crippen molar-refractivity contribution in [2.45, 2.75) is 83.8 Å². The lowest BCUT2D eigenvalue weighted by Gasteiger charge is -2.40. The van der Waals surface area contributed by atoms with Crippen molar-refractivity contribution in [3.05, 3.63) is 0 Å². The van der Waals surface area contributed by atoms with Gasteiger partial charge in [-0.25, -0.2) is 4.79 Å². The third kappa shape index (κ3) is 8.10. The minimum absolute atomic E-state index is 0.0425. The van der Waals surface area contributed by atoms with Crippen LogP contribution in [0.3, 0.4) is 0 Å². The average molecular weight is 439 g/mol. The highest BCUT2D eigenvalue weighted by molar-refractivity contribution is 6.26. The molecule has 10 nitrogen and oxygen atoms in total. The molecule has 0 aromatic heterocycles. The Balaban J connectivity index is 2.98. The molecule has 1 saturated carbocycles. The highest BCUT2D eigenvalue weighted by Gasteiger charge is 2.47. The molecular formula is C21H34N4O6. The van der Waals surface area contributed by atoms with Crippen LogP contribution in [0, 0.1) is 11.3 Å². The summed E-state index contributed by atoms with van der Waals surface area (Å²) in [5, 5.41) is 14.9. The average Bonchev–Trinajstić information content (AvgIpc) is 2.65. The lowest BCUT2D eigenvalue weighted by Crippen LogP contribution is -2.64. The first-order valence-corrected chi connectivity index (χ1v) is 10.6. The highest BCUT2D eigenvalue weighted by atomic mass is 16.5. The highest BCUT2D eigenvalue weighted by Crippen LogP contribution is 2.33. The summed E-state index contributed by atoms with van der Waals surface area (Å²) in [6.07, 6.45) is 2.47. The van der Waals surface area contributed by atoms with Gasteiger partial charge in [0.05, 0.1) is 12.8 Å². The van der Waals surface area contributed by atoms with Crippen molar-refractivity contribution < 1.29 is 28.7 Å². The molecule has 174 valence electrons. The second kappa shape index (κ2) is 12.2. The number of hydrogen-bond acceptors (Lipinski definition) is 7. The maximum absolute atomic E-state index is 13.0. The van der Waals surface area contributed by atoms with Gasteiger partial charge in [0.1, 0.15) is 17.6 Å². The van der Waals surface area contributed by atoms with E-state index in [1.54, 1.807) is 6.92 Å². The van der Waals surface area contributed by atoms with Gasteiger partial charge in [-0.2, -0.15) is 0 Å². The van der Waals surface area contributed by atoms with Crippen LogP contribution in [0.2, 0.25) is 0 Å². The predicted molar refractivity (Wildman–Crippen MR) is 113 cm³/mol. The first-order chi connectivity index (χ1) is 14.5. The van der Waals surface area contributed by atoms with E-state index < -0.39 is 41.2 Å². The molecule has 0 aliphatic heterocycles. The lowest BCUT2D eigenvalue weighted by atomic mass is 9.76. The molecule has 1 fully saturated rings. The fraction of sp³-hybridized carbons (Fsp3) is 0.714. The molecule has 1 aliphatic carbocycles. The number of rotatable bonds is 13. The van der Waals surface area contributed by atoms with E-state index in [-0.39, 0.29) is 31.3 Å². The molecule has 0 unspecified atom stereocenters. The first-order valence-electron chi connectivity index (χ1n) is 10.6. The Bertz CT molecular complexity index is 702. The molecule has 3 amide bonds. The maximum atomic E-state index is 13.0. The largest absolute Gasteiger partial charge is 0.464 e. The van der Waals surface area contributed by atoms with Gasteiger partial charge in [-0.15, -0.1) is 0 Å². The fourth-order valence-electron chi connectivity index (χ4n) is 3.35. The third-order valence-electron chi connectivity index (χ3n) is 5.11. The molecule has 0 spiro atoms. The summed E-state index contributed by atoms with van der Waals surface area (Å²) >= 11 is 0. The van der Waals surface area contributed by atoms with Crippen LogP contribution in [0.25, 0.3) is 0 Å². The summed E-state index contributed by atoms with van der Waals surface area (Å²) in [4.78, 5) is 61.2. The van der Waals surface area contributed by atoms with E-state index >= 15 is 0 Å². The van der Waals surface area contributed by atoms with E-state index in [1.165, 1.54) is 6.92 Å². The Hall–Kier alpha value is -2.78. The van der Waals surface area contributed by atoms with Crippen molar-refractivity contribution >= 4 is 35.7 Å². The molecule has 0 heterocycles. The van der Waals surface area contributed by atoms with E-state index in [2.05, 4.69) is 16.0 Å². The van der Waals surface area contributed by atoms with Gasteiger partial charge in [-0.3, -0.25) is 19.2 Å². The van der Waals surface area contributed by atoms with Gasteiger partial charge in [0, 0.05) is 13.3 Å². The topological polar surface area (TPSA) is 155 Å². The molecule has 31 heavy (non-hydrogen) atoms. The zero-order valence-corrected chi connectivity index (χ0v) is 18.7. The molecule has 0 aromatic rings. The molecule has 1 aliphatic rings. The van der Waals surface area contributed by atoms with Crippen molar-refractivity contribution in [3.8, 4) is 0 Å². The smallest absolute Gasteiger partial charge is 0.331 e. The molecule has 0 radical (unpaired) electrons. The third-order valence-corrected chi connectivity index (χ3v) is 5.11. The Labute approximate surface area is 182 Å². The zero-order chi connectivity index (χ0) is 23.6. The van der Waals surface area contributed by atoms with Gasteiger partial charge in [-0.05, 0) is 44.9 Å².